The molecule has 50 heavy (non-hydrogen) atoms. The van der Waals surface area contributed by atoms with E-state index in [1.165, 1.54) is 0 Å². The van der Waals surface area contributed by atoms with E-state index in [1.54, 1.807) is 39.0 Å². The van der Waals surface area contributed by atoms with Gasteiger partial charge in [-0.25, -0.2) is 4.79 Å². The van der Waals surface area contributed by atoms with Crippen LogP contribution in [0.5, 0.6) is 11.5 Å². The summed E-state index contributed by atoms with van der Waals surface area (Å²) in [5.74, 6) is -0.288. The van der Waals surface area contributed by atoms with Crippen LogP contribution in [0.4, 0.5) is 4.79 Å². The number of nitrogens with zero attached hydrogens (tertiary/aromatic N) is 1. The Morgan fingerprint density at radius 1 is 0.960 bits per heavy atom. The highest BCUT2D eigenvalue weighted by Gasteiger charge is 2.36. The van der Waals surface area contributed by atoms with Crippen LogP contribution < -0.4 is 15.4 Å². The number of fused-ring (bicyclic) bond motifs is 1. The van der Waals surface area contributed by atoms with Crippen molar-refractivity contribution in [3.8, 4) is 11.5 Å². The third kappa shape index (κ3) is 10.7. The van der Waals surface area contributed by atoms with Crippen molar-refractivity contribution >= 4 is 12.0 Å². The Bertz CT molecular complexity index is 1540. The Morgan fingerprint density at radius 2 is 1.66 bits per heavy atom. The number of carbonyl (C=O) groups excluding carboxylic acids is 2. The Morgan fingerprint density at radius 3 is 2.36 bits per heavy atom. The number of carbonyl (C=O) groups is 2. The number of phenolic OH excluding ortho intramolecular Hbond substituents is 1. The van der Waals surface area contributed by atoms with E-state index in [2.05, 4.69) is 15.5 Å². The van der Waals surface area contributed by atoms with Crippen LogP contribution in [0.25, 0.3) is 0 Å². The molecule has 1 aliphatic carbocycles. The quantitative estimate of drug-likeness (QED) is 0.170. The minimum absolute atomic E-state index is 0.0205. The van der Waals surface area contributed by atoms with Crippen molar-refractivity contribution in [1.82, 2.24) is 15.5 Å². The van der Waals surface area contributed by atoms with Gasteiger partial charge in [0.1, 0.15) is 23.7 Å². The maximum absolute atomic E-state index is 14.1. The van der Waals surface area contributed by atoms with Crippen LogP contribution in [-0.2, 0) is 33.5 Å². The fourth-order valence-electron chi connectivity index (χ4n) is 6.56. The van der Waals surface area contributed by atoms with Gasteiger partial charge in [-0.15, -0.1) is 0 Å². The van der Waals surface area contributed by atoms with E-state index >= 15 is 0 Å². The minimum atomic E-state index is -1.12. The average molecular weight is 690 g/mol. The van der Waals surface area contributed by atoms with Gasteiger partial charge in [-0.2, -0.15) is 0 Å². The molecule has 1 heterocycles. The number of aromatic hydroxyl groups is 1. The fraction of sp³-hybridized carbons (Fsp3) is 0.487. The standard InChI is InChI=1S/C39H51N3O8/c1-39(2,3)50-38(47)40-32(23-26-8-5-4-6-9-26)34(44)24-28(37(46)41-36-30-10-7-11-33(43)31(30)25-35(36)45)22-27-12-14-29(15-13-27)49-21-18-42-16-19-48-20-17-42/h4-15,28,32,34-36,43-45H,16-25H2,1-3H3,(H,40,47)(H,41,46)/t28-,32+,34+,35-,36+/m1/s1. The molecule has 3 aromatic rings. The maximum atomic E-state index is 14.1. The lowest BCUT2D eigenvalue weighted by atomic mass is 9.88. The maximum Gasteiger partial charge on any atom is 0.407 e. The third-order valence-electron chi connectivity index (χ3n) is 9.17. The molecule has 1 aliphatic heterocycles. The summed E-state index contributed by atoms with van der Waals surface area (Å²) in [6.45, 7) is 9.91. The van der Waals surface area contributed by atoms with E-state index in [-0.39, 0.29) is 30.9 Å². The number of hydrogen-bond donors (Lipinski definition) is 5. The van der Waals surface area contributed by atoms with Crippen molar-refractivity contribution in [2.75, 3.05) is 39.5 Å². The van der Waals surface area contributed by atoms with Crippen molar-refractivity contribution in [1.29, 1.82) is 0 Å². The fourth-order valence-corrected chi connectivity index (χ4v) is 6.56. The normalized spacial score (nSPS) is 19.5. The topological polar surface area (TPSA) is 150 Å². The number of rotatable bonds is 14. The van der Waals surface area contributed by atoms with Crippen LogP contribution in [0.3, 0.4) is 0 Å². The van der Waals surface area contributed by atoms with Gasteiger partial charge in [0.15, 0.2) is 0 Å². The molecule has 5 atom stereocenters. The SMILES string of the molecule is CC(C)(C)OC(=O)N[C@@H](Cc1ccccc1)[C@@H](O)C[C@@H](Cc1ccc(OCCN2CCOCC2)cc1)C(=O)N[C@H]1c2cccc(O)c2C[C@H]1O. The highest BCUT2D eigenvalue weighted by molar-refractivity contribution is 5.80. The van der Waals surface area contributed by atoms with Crippen LogP contribution in [0.15, 0.2) is 72.8 Å². The summed E-state index contributed by atoms with van der Waals surface area (Å²) >= 11 is 0. The van der Waals surface area contributed by atoms with E-state index in [9.17, 15) is 24.9 Å². The molecule has 11 heteroatoms. The van der Waals surface area contributed by atoms with Gasteiger partial charge in [-0.05, 0) is 74.9 Å². The lowest BCUT2D eigenvalue weighted by Crippen LogP contribution is -2.48. The predicted molar refractivity (Wildman–Crippen MR) is 189 cm³/mol. The Balaban J connectivity index is 1.32. The molecule has 5 rings (SSSR count). The van der Waals surface area contributed by atoms with Gasteiger partial charge in [-0.3, -0.25) is 9.69 Å². The Kier molecular flexibility index (Phi) is 12.7. The summed E-state index contributed by atoms with van der Waals surface area (Å²) in [4.78, 5) is 29.3. The number of amides is 2. The number of aliphatic hydroxyl groups excluding tert-OH is 2. The molecular formula is C39H51N3O8. The monoisotopic (exact) mass is 689 g/mol. The third-order valence-corrected chi connectivity index (χ3v) is 9.17. The molecule has 2 aliphatic rings. The van der Waals surface area contributed by atoms with Crippen LogP contribution in [0.1, 0.15) is 55.5 Å². The first-order valence-electron chi connectivity index (χ1n) is 17.5. The van der Waals surface area contributed by atoms with Crippen molar-refractivity contribution in [3.63, 3.8) is 0 Å². The molecule has 0 aromatic heterocycles. The highest BCUT2D eigenvalue weighted by Crippen LogP contribution is 2.37. The first kappa shape index (κ1) is 37.1. The molecule has 0 unspecified atom stereocenters. The second-order valence-corrected chi connectivity index (χ2v) is 14.2. The van der Waals surface area contributed by atoms with Crippen molar-refractivity contribution in [3.05, 3.63) is 95.1 Å². The van der Waals surface area contributed by atoms with Crippen molar-refractivity contribution in [2.45, 2.75) is 76.3 Å². The van der Waals surface area contributed by atoms with Gasteiger partial charge in [0.05, 0.1) is 37.5 Å². The number of alkyl carbamates (subject to hydrolysis) is 1. The zero-order chi connectivity index (χ0) is 35.7. The second-order valence-electron chi connectivity index (χ2n) is 14.2. The number of morpholine rings is 1. The van der Waals surface area contributed by atoms with E-state index in [1.807, 2.05) is 54.6 Å². The number of aliphatic hydroxyl groups is 2. The predicted octanol–water partition coefficient (Wildman–Crippen LogP) is 3.92. The number of nitrogens with one attached hydrogen (secondary N) is 2. The Hall–Kier alpha value is -4.16. The van der Waals surface area contributed by atoms with Gasteiger partial charge in [0.25, 0.3) is 0 Å². The van der Waals surface area contributed by atoms with E-state index < -0.39 is 41.9 Å². The summed E-state index contributed by atoms with van der Waals surface area (Å²) in [6.07, 6.45) is -1.85. The minimum Gasteiger partial charge on any atom is -0.508 e. The van der Waals surface area contributed by atoms with Crippen LogP contribution in [0.2, 0.25) is 0 Å². The first-order valence-corrected chi connectivity index (χ1v) is 17.5. The average Bonchev–Trinajstić information content (AvgIpc) is 3.40. The van der Waals surface area contributed by atoms with Gasteiger partial charge >= 0.3 is 6.09 Å². The first-order chi connectivity index (χ1) is 23.9. The molecule has 0 bridgehead atoms. The molecule has 1 saturated heterocycles. The molecule has 0 radical (unpaired) electrons. The zero-order valence-electron chi connectivity index (χ0n) is 29.2. The van der Waals surface area contributed by atoms with Crippen molar-refractivity contribution in [2.24, 2.45) is 5.92 Å². The lowest BCUT2D eigenvalue weighted by Gasteiger charge is -2.30. The zero-order valence-corrected chi connectivity index (χ0v) is 29.2. The molecular weight excluding hydrogens is 638 g/mol. The van der Waals surface area contributed by atoms with Crippen LogP contribution in [0, 0.1) is 5.92 Å². The number of benzene rings is 3. The Labute approximate surface area is 294 Å². The molecule has 0 saturated carbocycles. The number of phenols is 1. The molecule has 5 N–H and O–H groups in total. The van der Waals surface area contributed by atoms with Gasteiger partial charge in [0.2, 0.25) is 5.91 Å². The summed E-state index contributed by atoms with van der Waals surface area (Å²) in [5.41, 5.74) is 2.30. The largest absolute Gasteiger partial charge is 0.508 e. The smallest absolute Gasteiger partial charge is 0.407 e. The molecule has 3 aromatic carbocycles. The van der Waals surface area contributed by atoms with Gasteiger partial charge in [0, 0.05) is 37.5 Å². The number of hydrogen-bond acceptors (Lipinski definition) is 9. The summed E-state index contributed by atoms with van der Waals surface area (Å²) in [7, 11) is 0. The molecule has 11 nitrogen and oxygen atoms in total. The van der Waals surface area contributed by atoms with E-state index in [4.69, 9.17) is 14.2 Å². The van der Waals surface area contributed by atoms with Crippen molar-refractivity contribution < 1.29 is 39.1 Å². The summed E-state index contributed by atoms with van der Waals surface area (Å²) in [6, 6.07) is 20.7. The second kappa shape index (κ2) is 17.2. The summed E-state index contributed by atoms with van der Waals surface area (Å²) < 4.78 is 16.9. The van der Waals surface area contributed by atoms with E-state index in [0.29, 0.717) is 24.2 Å². The van der Waals surface area contributed by atoms with E-state index in [0.717, 1.165) is 49.7 Å². The summed E-state index contributed by atoms with van der Waals surface area (Å²) in [5, 5.41) is 38.8. The van der Waals surface area contributed by atoms with Gasteiger partial charge < -0.3 is 40.2 Å². The lowest BCUT2D eigenvalue weighted by molar-refractivity contribution is -0.127. The molecule has 1 fully saturated rings. The molecule has 2 amide bonds. The van der Waals surface area contributed by atoms with Crippen LogP contribution >= 0.6 is 0 Å². The highest BCUT2D eigenvalue weighted by atomic mass is 16.6. The molecule has 0 spiro atoms. The van der Waals surface area contributed by atoms with Gasteiger partial charge in [-0.1, -0.05) is 54.6 Å². The number of ether oxygens (including phenoxy) is 3. The van der Waals surface area contributed by atoms with Crippen LogP contribution in [-0.4, -0.2) is 95.5 Å². The molecule has 270 valence electrons.